The molecule has 5 rings (SSSR count). The predicted octanol–water partition coefficient (Wildman–Crippen LogP) is 4.30. The molecule has 2 aromatic heterocycles. The van der Waals surface area contributed by atoms with Crippen molar-refractivity contribution in [2.24, 2.45) is 0 Å². The van der Waals surface area contributed by atoms with Gasteiger partial charge in [-0.1, -0.05) is 60.2 Å². The Labute approximate surface area is 188 Å². The van der Waals surface area contributed by atoms with E-state index in [0.29, 0.717) is 18.6 Å². The van der Waals surface area contributed by atoms with Gasteiger partial charge in [0, 0.05) is 30.5 Å². The van der Waals surface area contributed by atoms with Crippen molar-refractivity contribution in [1.29, 1.82) is 0 Å². The van der Waals surface area contributed by atoms with E-state index in [1.807, 2.05) is 10.7 Å². The summed E-state index contributed by atoms with van der Waals surface area (Å²) in [6, 6.07) is 23.2. The number of hydrogen-bond donors (Lipinski definition) is 1. The third-order valence-electron chi connectivity index (χ3n) is 5.87. The van der Waals surface area contributed by atoms with Crippen molar-refractivity contribution in [2.75, 3.05) is 13.2 Å². The Morgan fingerprint density at radius 3 is 2.50 bits per heavy atom. The Morgan fingerprint density at radius 1 is 1.00 bits per heavy atom. The quantitative estimate of drug-likeness (QED) is 0.499. The minimum Gasteiger partial charge on any atom is -0.369 e. The molecule has 2 atom stereocenters. The van der Waals surface area contributed by atoms with Crippen LogP contribution in [0.3, 0.4) is 0 Å². The van der Waals surface area contributed by atoms with Crippen molar-refractivity contribution in [3.8, 4) is 17.2 Å². The molecule has 0 bridgehead atoms. The number of aromatic nitrogens is 4. The maximum atomic E-state index is 6.32. The van der Waals surface area contributed by atoms with Crippen LogP contribution in [0.25, 0.3) is 17.2 Å². The Balaban J connectivity index is 1.34. The average molecular weight is 426 g/mol. The summed E-state index contributed by atoms with van der Waals surface area (Å²) in [5, 5.41) is 8.50. The summed E-state index contributed by atoms with van der Waals surface area (Å²) >= 11 is 0. The van der Waals surface area contributed by atoms with E-state index in [1.165, 1.54) is 11.1 Å². The van der Waals surface area contributed by atoms with Gasteiger partial charge in [-0.2, -0.15) is 9.78 Å². The summed E-state index contributed by atoms with van der Waals surface area (Å²) in [7, 11) is 0. The van der Waals surface area contributed by atoms with E-state index in [9.17, 15) is 0 Å². The van der Waals surface area contributed by atoms with Gasteiger partial charge in [-0.05, 0) is 37.5 Å². The van der Waals surface area contributed by atoms with Gasteiger partial charge in [0.25, 0.3) is 5.95 Å². The minimum atomic E-state index is -0.113. The molecule has 6 heteroatoms. The van der Waals surface area contributed by atoms with Crippen LogP contribution in [0, 0.1) is 6.92 Å². The molecule has 2 aromatic carbocycles. The van der Waals surface area contributed by atoms with Gasteiger partial charge in [0.2, 0.25) is 0 Å². The molecule has 0 saturated carbocycles. The molecule has 4 aromatic rings. The Bertz CT molecular complexity index is 1130. The Hall–Kier alpha value is -3.35. The lowest BCUT2D eigenvalue weighted by Gasteiger charge is -2.30. The van der Waals surface area contributed by atoms with E-state index in [0.717, 1.165) is 36.3 Å². The largest absolute Gasteiger partial charge is 0.369 e. The number of ether oxygens (including phenoxy) is 1. The topological polar surface area (TPSA) is 64.9 Å². The Morgan fingerprint density at radius 2 is 1.78 bits per heavy atom. The highest BCUT2D eigenvalue weighted by Crippen LogP contribution is 2.28. The first-order valence-electron chi connectivity index (χ1n) is 11.1. The average Bonchev–Trinajstić information content (AvgIpc) is 3.30. The maximum absolute atomic E-state index is 6.32. The van der Waals surface area contributed by atoms with Crippen LogP contribution in [-0.2, 0) is 11.2 Å². The van der Waals surface area contributed by atoms with Crippen LogP contribution in [0.4, 0.5) is 0 Å². The molecule has 0 radical (unpaired) electrons. The number of nitrogens with zero attached hydrogens (tertiary/aromatic N) is 4. The molecule has 0 aliphatic carbocycles. The number of morpholine rings is 1. The van der Waals surface area contributed by atoms with Crippen LogP contribution in [0.2, 0.25) is 0 Å². The zero-order valence-electron chi connectivity index (χ0n) is 18.2. The minimum absolute atomic E-state index is 0.113. The van der Waals surface area contributed by atoms with Crippen LogP contribution in [0.1, 0.15) is 29.3 Å². The van der Waals surface area contributed by atoms with Crippen LogP contribution in [-0.4, -0.2) is 38.9 Å². The van der Waals surface area contributed by atoms with Gasteiger partial charge in [0.1, 0.15) is 6.10 Å². The molecule has 6 nitrogen and oxygen atoms in total. The molecule has 1 aliphatic rings. The predicted molar refractivity (Wildman–Crippen MR) is 125 cm³/mol. The lowest BCUT2D eigenvalue weighted by atomic mass is 10.0. The lowest BCUT2D eigenvalue weighted by Crippen LogP contribution is -2.43. The van der Waals surface area contributed by atoms with Crippen molar-refractivity contribution >= 4 is 0 Å². The highest BCUT2D eigenvalue weighted by Gasteiger charge is 2.27. The molecule has 1 fully saturated rings. The first-order chi connectivity index (χ1) is 15.8. The first kappa shape index (κ1) is 20.5. The highest BCUT2D eigenvalue weighted by molar-refractivity contribution is 5.60. The van der Waals surface area contributed by atoms with E-state index >= 15 is 0 Å². The molecule has 0 spiro atoms. The van der Waals surface area contributed by atoms with Gasteiger partial charge in [0.05, 0.1) is 18.0 Å². The van der Waals surface area contributed by atoms with Crippen molar-refractivity contribution < 1.29 is 4.74 Å². The van der Waals surface area contributed by atoms with E-state index in [2.05, 4.69) is 82.9 Å². The molecule has 162 valence electrons. The summed E-state index contributed by atoms with van der Waals surface area (Å²) in [5.41, 5.74) is 5.50. The number of rotatable bonds is 6. The smallest absolute Gasteiger partial charge is 0.250 e. The fourth-order valence-electron chi connectivity index (χ4n) is 4.04. The van der Waals surface area contributed by atoms with Crippen molar-refractivity contribution in [3.63, 3.8) is 0 Å². The van der Waals surface area contributed by atoms with Gasteiger partial charge in [-0.25, -0.2) is 9.97 Å². The van der Waals surface area contributed by atoms with Crippen molar-refractivity contribution in [1.82, 2.24) is 25.1 Å². The van der Waals surface area contributed by atoms with Gasteiger partial charge >= 0.3 is 0 Å². The summed E-state index contributed by atoms with van der Waals surface area (Å²) in [6.45, 7) is 3.48. The molecule has 1 N–H and O–H groups in total. The number of aryl methyl sites for hydroxylation is 2. The summed E-state index contributed by atoms with van der Waals surface area (Å²) in [4.78, 5) is 8.83. The number of hydrogen-bond acceptors (Lipinski definition) is 5. The van der Waals surface area contributed by atoms with Gasteiger partial charge in [0.15, 0.2) is 0 Å². The van der Waals surface area contributed by atoms with E-state index in [1.54, 1.807) is 12.4 Å². The fraction of sp³-hybridized carbons (Fsp3) is 0.269. The van der Waals surface area contributed by atoms with E-state index in [-0.39, 0.29) is 6.10 Å². The van der Waals surface area contributed by atoms with Crippen molar-refractivity contribution in [2.45, 2.75) is 31.9 Å². The highest BCUT2D eigenvalue weighted by atomic mass is 16.5. The monoisotopic (exact) mass is 425 g/mol. The lowest BCUT2D eigenvalue weighted by molar-refractivity contribution is -0.00243. The normalized spacial score (nSPS) is 18.5. The molecule has 0 unspecified atom stereocenters. The Kier molecular flexibility index (Phi) is 6.05. The number of nitrogens with one attached hydrogen (secondary N) is 1. The number of benzene rings is 2. The van der Waals surface area contributed by atoms with Gasteiger partial charge in [-0.15, -0.1) is 0 Å². The van der Waals surface area contributed by atoms with Crippen LogP contribution >= 0.6 is 0 Å². The second-order valence-electron chi connectivity index (χ2n) is 8.23. The molecule has 32 heavy (non-hydrogen) atoms. The summed E-state index contributed by atoms with van der Waals surface area (Å²) < 4.78 is 8.13. The molecular formula is C26H27N5O. The fourth-order valence-corrected chi connectivity index (χ4v) is 4.04. The molecule has 1 aliphatic heterocycles. The standard InChI is InChI=1S/C26H27N5O/c1-19-8-11-21(12-9-19)23-16-24(31(30-23)26-27-14-5-15-28-26)25-17-29-22(18-32-25)13-10-20-6-3-2-4-7-20/h2-9,11-12,14-16,22,25,29H,10,13,17-18H2,1H3/t22-,25-/m0/s1. The first-order valence-corrected chi connectivity index (χ1v) is 11.1. The molecule has 0 amide bonds. The van der Waals surface area contributed by atoms with Crippen LogP contribution in [0.15, 0.2) is 79.1 Å². The maximum Gasteiger partial charge on any atom is 0.250 e. The van der Waals surface area contributed by atoms with Gasteiger partial charge in [-0.3, -0.25) is 0 Å². The SMILES string of the molecule is Cc1ccc(-c2cc([C@@H]3CN[C@@H](CCc4ccccc4)CO3)n(-c3ncccn3)n2)cc1. The summed E-state index contributed by atoms with van der Waals surface area (Å²) in [6.07, 6.45) is 5.45. The van der Waals surface area contributed by atoms with Crippen LogP contribution < -0.4 is 5.32 Å². The van der Waals surface area contributed by atoms with E-state index in [4.69, 9.17) is 9.84 Å². The summed E-state index contributed by atoms with van der Waals surface area (Å²) in [5.74, 6) is 0.552. The molecular weight excluding hydrogens is 398 g/mol. The zero-order chi connectivity index (χ0) is 21.8. The zero-order valence-corrected chi connectivity index (χ0v) is 18.2. The molecule has 3 heterocycles. The van der Waals surface area contributed by atoms with Crippen molar-refractivity contribution in [3.05, 3.63) is 95.9 Å². The third-order valence-corrected chi connectivity index (χ3v) is 5.87. The van der Waals surface area contributed by atoms with Gasteiger partial charge < -0.3 is 10.1 Å². The second kappa shape index (κ2) is 9.42. The van der Waals surface area contributed by atoms with Crippen LogP contribution in [0.5, 0.6) is 0 Å². The third kappa shape index (κ3) is 4.61. The van der Waals surface area contributed by atoms with E-state index < -0.39 is 0 Å². The second-order valence-corrected chi connectivity index (χ2v) is 8.23. The molecule has 1 saturated heterocycles.